The number of nitrogens with one attached hydrogen (secondary N) is 2. The zero-order valence-electron chi connectivity index (χ0n) is 35.5. The van der Waals surface area contributed by atoms with Gasteiger partial charge in [-0.05, 0) is 83.0 Å². The van der Waals surface area contributed by atoms with Crippen molar-refractivity contribution in [1.82, 2.24) is 29.2 Å². The Morgan fingerprint density at radius 1 is 0.967 bits per heavy atom. The highest BCUT2D eigenvalue weighted by Crippen LogP contribution is 2.35. The van der Waals surface area contributed by atoms with Crippen LogP contribution >= 0.6 is 0 Å². The third kappa shape index (κ3) is 11.2. The van der Waals surface area contributed by atoms with Crippen LogP contribution in [0.4, 0.5) is 29.6 Å². The number of carbonyl (C=O) groups is 4. The molecule has 0 saturated carbocycles. The van der Waals surface area contributed by atoms with Crippen LogP contribution in [0.2, 0.25) is 0 Å². The summed E-state index contributed by atoms with van der Waals surface area (Å²) < 4.78 is 50.0. The Balaban J connectivity index is 1.20. The molecular weight excluding hydrogens is 790 g/mol. The van der Waals surface area contributed by atoms with Crippen molar-refractivity contribution in [3.63, 3.8) is 0 Å². The molecule has 0 radical (unpaired) electrons. The van der Waals surface area contributed by atoms with E-state index in [9.17, 15) is 32.3 Å². The quantitative estimate of drug-likeness (QED) is 0.169. The summed E-state index contributed by atoms with van der Waals surface area (Å²) in [4.78, 5) is 65.8. The number of rotatable bonds is 10. The first kappa shape index (κ1) is 44.5. The van der Waals surface area contributed by atoms with Gasteiger partial charge in [0.15, 0.2) is 0 Å². The molecule has 4 aromatic rings. The van der Waals surface area contributed by atoms with Crippen LogP contribution in [0, 0.1) is 11.8 Å². The van der Waals surface area contributed by atoms with Gasteiger partial charge in [0.25, 0.3) is 5.91 Å². The fourth-order valence-electron chi connectivity index (χ4n) is 7.29. The normalized spacial score (nSPS) is 14.9. The monoisotopic (exact) mass is 840 g/mol. The molecule has 0 spiro atoms. The second-order valence-corrected chi connectivity index (χ2v) is 16.6. The number of hydrogen-bond donors (Lipinski definition) is 2. The van der Waals surface area contributed by atoms with Gasteiger partial charge in [-0.15, -0.1) is 0 Å². The van der Waals surface area contributed by atoms with Crippen LogP contribution in [0.5, 0.6) is 0 Å². The molecule has 16 heteroatoms. The number of benzene rings is 2. The van der Waals surface area contributed by atoms with Gasteiger partial charge in [-0.3, -0.25) is 24.2 Å². The molecule has 2 N–H and O–H groups in total. The van der Waals surface area contributed by atoms with Crippen molar-refractivity contribution in [3.8, 4) is 23.2 Å². The van der Waals surface area contributed by atoms with Crippen LogP contribution in [-0.2, 0) is 46.9 Å². The molecule has 2 aromatic carbocycles. The SMILES string of the molecule is CC(=O)CNc1ncc(C#Cc2cccc(CC(=O)Nc3ccc(CN4CCN(C(C)C)CC4)c(C(F)(F)F)c3)c2)c(-c2cc3c(n2C)CCN(C(=O)OC(C)(C)C)C3=O)n1. The molecule has 13 nitrogen and oxygen atoms in total. The maximum atomic E-state index is 14.2. The van der Waals surface area contributed by atoms with Gasteiger partial charge in [-0.1, -0.05) is 30.0 Å². The molecule has 4 heterocycles. The smallest absolute Gasteiger partial charge is 0.417 e. The van der Waals surface area contributed by atoms with E-state index in [1.165, 1.54) is 25.3 Å². The number of amides is 3. The second-order valence-electron chi connectivity index (χ2n) is 16.6. The summed E-state index contributed by atoms with van der Waals surface area (Å²) >= 11 is 0. The maximum Gasteiger partial charge on any atom is 0.417 e. The van der Waals surface area contributed by atoms with Crippen LogP contribution in [0.3, 0.4) is 0 Å². The van der Waals surface area contributed by atoms with Crippen molar-refractivity contribution in [3.05, 3.63) is 93.8 Å². The average molecular weight is 841 g/mol. The van der Waals surface area contributed by atoms with Gasteiger partial charge in [0.1, 0.15) is 17.1 Å². The largest absolute Gasteiger partial charge is 0.443 e. The Kier molecular flexibility index (Phi) is 13.3. The van der Waals surface area contributed by atoms with Gasteiger partial charge in [0.05, 0.1) is 35.3 Å². The molecule has 3 amide bonds. The number of ether oxygens (including phenoxy) is 1. The number of alkyl halides is 3. The molecule has 0 atom stereocenters. The van der Waals surface area contributed by atoms with Crippen molar-refractivity contribution in [2.75, 3.05) is 49.9 Å². The van der Waals surface area contributed by atoms with Crippen molar-refractivity contribution >= 4 is 35.3 Å². The lowest BCUT2D eigenvalue weighted by Crippen LogP contribution is -2.48. The van der Waals surface area contributed by atoms with Gasteiger partial charge in [-0.2, -0.15) is 13.2 Å². The van der Waals surface area contributed by atoms with E-state index in [0.717, 1.165) is 24.1 Å². The zero-order chi connectivity index (χ0) is 44.2. The Bertz CT molecular complexity index is 2380. The number of piperazine rings is 1. The third-order valence-corrected chi connectivity index (χ3v) is 10.4. The van der Waals surface area contributed by atoms with Crippen LogP contribution in [0.15, 0.2) is 54.7 Å². The Labute approximate surface area is 353 Å². The maximum absolute atomic E-state index is 14.2. The van der Waals surface area contributed by atoms with Gasteiger partial charge < -0.3 is 19.9 Å². The summed E-state index contributed by atoms with van der Waals surface area (Å²) in [6.07, 6.45) is -3.57. The standard InChI is InChI=1S/C45H51F3N8O5/c1-28(2)55-19-17-54(18-20-55)27-33-13-14-34(23-36(33)45(46,47)48)51-39(58)22-31-10-8-9-30(21-31)11-12-32-26-50-42(49-25-29(3)57)52-40(32)38-24-35-37(53(38)7)15-16-56(41(35)59)43(60)61-44(4,5)6/h8-10,13-14,21,23-24,26,28H,15-20,22,25,27H2,1-7H3,(H,51,58)(H,49,50,52). The predicted molar refractivity (Wildman–Crippen MR) is 225 cm³/mol. The van der Waals surface area contributed by atoms with E-state index in [0.29, 0.717) is 64.9 Å². The number of anilines is 2. The molecule has 0 aliphatic carbocycles. The van der Waals surface area contributed by atoms with Crippen molar-refractivity contribution in [1.29, 1.82) is 0 Å². The molecular formula is C45H51F3N8O5. The minimum atomic E-state index is -4.60. The van der Waals surface area contributed by atoms with Crippen LogP contribution in [0.25, 0.3) is 11.4 Å². The minimum Gasteiger partial charge on any atom is -0.443 e. The summed E-state index contributed by atoms with van der Waals surface area (Å²) in [6, 6.07) is 12.9. The highest BCUT2D eigenvalue weighted by atomic mass is 19.4. The van der Waals surface area contributed by atoms with E-state index in [4.69, 9.17) is 4.74 Å². The topological polar surface area (TPSA) is 142 Å². The first-order valence-corrected chi connectivity index (χ1v) is 20.2. The number of hydrogen-bond acceptors (Lipinski definition) is 10. The van der Waals surface area contributed by atoms with E-state index in [1.807, 2.05) is 9.47 Å². The number of ketones is 1. The lowest BCUT2D eigenvalue weighted by Gasteiger charge is -2.37. The second kappa shape index (κ2) is 18.3. The van der Waals surface area contributed by atoms with E-state index in [1.54, 1.807) is 58.2 Å². The molecule has 0 unspecified atom stereocenters. The molecule has 2 aliphatic heterocycles. The third-order valence-electron chi connectivity index (χ3n) is 10.4. The highest BCUT2D eigenvalue weighted by Gasteiger charge is 2.36. The fraction of sp³-hybridized carbons (Fsp3) is 0.422. The zero-order valence-corrected chi connectivity index (χ0v) is 35.5. The number of aromatic nitrogens is 3. The molecule has 2 aromatic heterocycles. The minimum absolute atomic E-state index is 0.0108. The summed E-state index contributed by atoms with van der Waals surface area (Å²) in [5.74, 6) is 5.25. The van der Waals surface area contributed by atoms with Crippen molar-refractivity contribution in [2.24, 2.45) is 7.05 Å². The van der Waals surface area contributed by atoms with Gasteiger partial charge in [0.2, 0.25) is 11.9 Å². The number of nitrogens with zero attached hydrogens (tertiary/aromatic N) is 6. The lowest BCUT2D eigenvalue weighted by molar-refractivity contribution is -0.138. The number of Topliss-reactive ketones (excluding diaryl/α,β-unsaturated/α-hetero) is 1. The Hall–Kier alpha value is -6.05. The molecule has 2 aliphatic rings. The van der Waals surface area contributed by atoms with Crippen molar-refractivity contribution in [2.45, 2.75) is 78.7 Å². The number of carbonyl (C=O) groups excluding carboxylic acids is 4. The molecule has 61 heavy (non-hydrogen) atoms. The van der Waals surface area contributed by atoms with Gasteiger partial charge in [0, 0.05) is 81.9 Å². The number of halogens is 3. The van der Waals surface area contributed by atoms with Gasteiger partial charge >= 0.3 is 12.3 Å². The highest BCUT2D eigenvalue weighted by molar-refractivity contribution is 6.05. The number of fused-ring (bicyclic) bond motifs is 1. The van der Waals surface area contributed by atoms with E-state index in [-0.39, 0.29) is 49.0 Å². The Morgan fingerprint density at radius 2 is 1.70 bits per heavy atom. The first-order chi connectivity index (χ1) is 28.8. The Morgan fingerprint density at radius 3 is 2.38 bits per heavy atom. The van der Waals surface area contributed by atoms with Crippen LogP contribution < -0.4 is 10.6 Å². The van der Waals surface area contributed by atoms with E-state index >= 15 is 0 Å². The average Bonchev–Trinajstić information content (AvgIpc) is 3.52. The fourth-order valence-corrected chi connectivity index (χ4v) is 7.29. The predicted octanol–water partition coefficient (Wildman–Crippen LogP) is 6.54. The number of imide groups is 1. The van der Waals surface area contributed by atoms with E-state index in [2.05, 4.69) is 51.2 Å². The molecule has 6 rings (SSSR count). The molecule has 1 saturated heterocycles. The molecule has 322 valence electrons. The summed E-state index contributed by atoms with van der Waals surface area (Å²) in [5, 5.41) is 5.53. The summed E-state index contributed by atoms with van der Waals surface area (Å²) in [7, 11) is 1.79. The summed E-state index contributed by atoms with van der Waals surface area (Å²) in [6.45, 7) is 14.0. The molecule has 0 bridgehead atoms. The van der Waals surface area contributed by atoms with Crippen LogP contribution in [-0.4, -0.2) is 104 Å². The summed E-state index contributed by atoms with van der Waals surface area (Å²) in [5.41, 5.74) is 2.09. The first-order valence-electron chi connectivity index (χ1n) is 20.2. The molecule has 1 fully saturated rings. The van der Waals surface area contributed by atoms with E-state index < -0.39 is 35.2 Å². The van der Waals surface area contributed by atoms with Crippen LogP contribution in [0.1, 0.15) is 85.4 Å². The van der Waals surface area contributed by atoms with Gasteiger partial charge in [-0.25, -0.2) is 19.7 Å². The van der Waals surface area contributed by atoms with Crippen molar-refractivity contribution < 1.29 is 37.1 Å². The lowest BCUT2D eigenvalue weighted by atomic mass is 10.0.